The predicted molar refractivity (Wildman–Crippen MR) is 96.2 cm³/mol. The number of rotatable bonds is 5. The van der Waals surface area contributed by atoms with Gasteiger partial charge in [0.1, 0.15) is 5.82 Å². The molecule has 0 spiro atoms. The van der Waals surface area contributed by atoms with E-state index in [1.165, 1.54) is 11.8 Å². The Kier molecular flexibility index (Phi) is 4.71. The van der Waals surface area contributed by atoms with E-state index in [4.69, 9.17) is 0 Å². The van der Waals surface area contributed by atoms with Gasteiger partial charge in [0, 0.05) is 11.4 Å². The minimum absolute atomic E-state index is 0.00106. The zero-order valence-electron chi connectivity index (χ0n) is 14.3. The molecule has 1 unspecified atom stereocenters. The molecular formula is C17H21N5OS. The molecule has 0 saturated carbocycles. The first kappa shape index (κ1) is 16.7. The Morgan fingerprint density at radius 3 is 2.75 bits per heavy atom. The molecule has 1 aromatic carbocycles. The number of benzene rings is 1. The van der Waals surface area contributed by atoms with Crippen molar-refractivity contribution in [3.8, 4) is 0 Å². The number of carbonyl (C=O) groups excluding carboxylic acids is 1. The number of amides is 1. The number of fused-ring (bicyclic) bond motifs is 3. The van der Waals surface area contributed by atoms with Gasteiger partial charge in [-0.25, -0.2) is 9.97 Å². The Balaban J connectivity index is 1.87. The second kappa shape index (κ2) is 6.76. The van der Waals surface area contributed by atoms with Crippen LogP contribution in [0.15, 0.2) is 29.4 Å². The van der Waals surface area contributed by atoms with Gasteiger partial charge in [-0.15, -0.1) is 5.10 Å². The highest BCUT2D eigenvalue weighted by Crippen LogP contribution is 2.23. The van der Waals surface area contributed by atoms with Crippen LogP contribution >= 0.6 is 11.8 Å². The SMILES string of the molecule is Cc1nc2c3ccccc3nc(SCC(=O)NC(C)C(C)C)n2n1. The second-order valence-electron chi connectivity index (χ2n) is 6.19. The van der Waals surface area contributed by atoms with E-state index >= 15 is 0 Å². The summed E-state index contributed by atoms with van der Waals surface area (Å²) in [6, 6.07) is 7.99. The molecule has 0 fully saturated rings. The van der Waals surface area contributed by atoms with Crippen LogP contribution in [0.4, 0.5) is 0 Å². The van der Waals surface area contributed by atoms with Crippen LogP contribution in [0.25, 0.3) is 16.6 Å². The number of hydrogen-bond acceptors (Lipinski definition) is 5. The summed E-state index contributed by atoms with van der Waals surface area (Å²) >= 11 is 1.38. The highest BCUT2D eigenvalue weighted by molar-refractivity contribution is 7.99. The number of para-hydroxylation sites is 1. The quantitative estimate of drug-likeness (QED) is 0.570. The van der Waals surface area contributed by atoms with Gasteiger partial charge in [-0.1, -0.05) is 37.7 Å². The average molecular weight is 343 g/mol. The molecule has 0 aliphatic rings. The molecule has 24 heavy (non-hydrogen) atoms. The summed E-state index contributed by atoms with van der Waals surface area (Å²) < 4.78 is 1.72. The van der Waals surface area contributed by atoms with Gasteiger partial charge in [0.05, 0.1) is 11.3 Å². The highest BCUT2D eigenvalue weighted by Gasteiger charge is 2.15. The van der Waals surface area contributed by atoms with Crippen molar-refractivity contribution in [3.63, 3.8) is 0 Å². The maximum Gasteiger partial charge on any atom is 0.230 e. The zero-order valence-corrected chi connectivity index (χ0v) is 15.1. The van der Waals surface area contributed by atoms with Crippen molar-refractivity contribution in [1.82, 2.24) is 24.9 Å². The van der Waals surface area contributed by atoms with Crippen LogP contribution in [0, 0.1) is 12.8 Å². The van der Waals surface area contributed by atoms with Gasteiger partial charge >= 0.3 is 0 Å². The maximum atomic E-state index is 12.1. The first-order valence-electron chi connectivity index (χ1n) is 8.00. The Labute approximate surface area is 145 Å². The fourth-order valence-corrected chi connectivity index (χ4v) is 3.08. The molecule has 126 valence electrons. The molecule has 0 saturated heterocycles. The van der Waals surface area contributed by atoms with Crippen LogP contribution in [0.2, 0.25) is 0 Å². The van der Waals surface area contributed by atoms with E-state index in [2.05, 4.69) is 34.2 Å². The molecule has 1 amide bonds. The normalized spacial score (nSPS) is 12.9. The maximum absolute atomic E-state index is 12.1. The Bertz CT molecular complexity index is 889. The Morgan fingerprint density at radius 2 is 2.00 bits per heavy atom. The number of carbonyl (C=O) groups is 1. The van der Waals surface area contributed by atoms with E-state index in [9.17, 15) is 4.79 Å². The monoisotopic (exact) mass is 343 g/mol. The van der Waals surface area contributed by atoms with Crippen molar-refractivity contribution >= 4 is 34.2 Å². The number of nitrogens with one attached hydrogen (secondary N) is 1. The van der Waals surface area contributed by atoms with E-state index < -0.39 is 0 Å². The van der Waals surface area contributed by atoms with E-state index in [-0.39, 0.29) is 11.9 Å². The fourth-order valence-electron chi connectivity index (χ4n) is 2.32. The van der Waals surface area contributed by atoms with Crippen molar-refractivity contribution in [1.29, 1.82) is 0 Å². The molecule has 0 radical (unpaired) electrons. The van der Waals surface area contributed by atoms with Crippen molar-refractivity contribution in [2.75, 3.05) is 5.75 Å². The molecule has 2 aromatic heterocycles. The third-order valence-electron chi connectivity index (χ3n) is 3.98. The van der Waals surface area contributed by atoms with Gasteiger partial charge < -0.3 is 5.32 Å². The number of nitrogens with zero attached hydrogens (tertiary/aromatic N) is 4. The van der Waals surface area contributed by atoms with Gasteiger partial charge in [0.25, 0.3) is 0 Å². The van der Waals surface area contributed by atoms with E-state index in [1.54, 1.807) is 4.52 Å². The molecule has 1 N–H and O–H groups in total. The third-order valence-corrected chi connectivity index (χ3v) is 4.91. The first-order chi connectivity index (χ1) is 11.5. The molecule has 3 aromatic rings. The Hall–Kier alpha value is -2.15. The van der Waals surface area contributed by atoms with Gasteiger partial charge in [-0.2, -0.15) is 4.52 Å². The minimum Gasteiger partial charge on any atom is -0.353 e. The molecule has 7 heteroatoms. The summed E-state index contributed by atoms with van der Waals surface area (Å²) in [5.74, 6) is 1.40. The summed E-state index contributed by atoms with van der Waals surface area (Å²) in [5.41, 5.74) is 1.63. The van der Waals surface area contributed by atoms with Gasteiger partial charge in [-0.3, -0.25) is 4.79 Å². The lowest BCUT2D eigenvalue weighted by molar-refractivity contribution is -0.119. The lowest BCUT2D eigenvalue weighted by atomic mass is 10.1. The lowest BCUT2D eigenvalue weighted by Gasteiger charge is -2.17. The highest BCUT2D eigenvalue weighted by atomic mass is 32.2. The van der Waals surface area contributed by atoms with Gasteiger partial charge in [0.2, 0.25) is 5.91 Å². The molecule has 2 heterocycles. The average Bonchev–Trinajstić information content (AvgIpc) is 2.94. The summed E-state index contributed by atoms with van der Waals surface area (Å²) in [5, 5.41) is 9.06. The second-order valence-corrected chi connectivity index (χ2v) is 7.14. The van der Waals surface area contributed by atoms with Crippen LogP contribution in [0.1, 0.15) is 26.6 Å². The van der Waals surface area contributed by atoms with Crippen LogP contribution in [-0.4, -0.2) is 37.3 Å². The fraction of sp³-hybridized carbons (Fsp3) is 0.412. The van der Waals surface area contributed by atoms with E-state index in [0.717, 1.165) is 16.6 Å². The van der Waals surface area contributed by atoms with Crippen molar-refractivity contribution in [2.45, 2.75) is 38.9 Å². The standard InChI is InChI=1S/C17H21N5OS/c1-10(2)11(3)18-15(23)9-24-17-20-14-8-6-5-7-13(14)16-19-12(4)21-22(16)17/h5-8,10-11H,9H2,1-4H3,(H,18,23). The molecule has 6 nitrogen and oxygen atoms in total. The summed E-state index contributed by atoms with van der Waals surface area (Å²) in [7, 11) is 0. The van der Waals surface area contributed by atoms with Crippen LogP contribution in [0.3, 0.4) is 0 Å². The Morgan fingerprint density at radius 1 is 1.25 bits per heavy atom. The lowest BCUT2D eigenvalue weighted by Crippen LogP contribution is -2.37. The van der Waals surface area contributed by atoms with E-state index in [0.29, 0.717) is 22.7 Å². The largest absolute Gasteiger partial charge is 0.353 e. The molecule has 0 aliphatic heterocycles. The van der Waals surface area contributed by atoms with Crippen LogP contribution < -0.4 is 5.32 Å². The van der Waals surface area contributed by atoms with Crippen molar-refractivity contribution in [3.05, 3.63) is 30.1 Å². The summed E-state index contributed by atoms with van der Waals surface area (Å²) in [6.45, 7) is 8.04. The molecule has 1 atom stereocenters. The number of hydrogen-bond donors (Lipinski definition) is 1. The smallest absolute Gasteiger partial charge is 0.230 e. The summed E-state index contributed by atoms with van der Waals surface area (Å²) in [4.78, 5) is 21.3. The molecule has 0 aliphatic carbocycles. The van der Waals surface area contributed by atoms with Crippen LogP contribution in [0.5, 0.6) is 0 Å². The molecular weight excluding hydrogens is 322 g/mol. The van der Waals surface area contributed by atoms with E-state index in [1.807, 2.05) is 38.1 Å². The summed E-state index contributed by atoms with van der Waals surface area (Å²) in [6.07, 6.45) is 0. The first-order valence-corrected chi connectivity index (χ1v) is 8.98. The minimum atomic E-state index is 0.00106. The van der Waals surface area contributed by atoms with Gasteiger partial charge in [0.15, 0.2) is 10.8 Å². The molecule has 0 bridgehead atoms. The number of aryl methyl sites for hydroxylation is 1. The van der Waals surface area contributed by atoms with Crippen LogP contribution in [-0.2, 0) is 4.79 Å². The van der Waals surface area contributed by atoms with Crippen molar-refractivity contribution < 1.29 is 4.79 Å². The number of thioether (sulfide) groups is 1. The molecule has 3 rings (SSSR count). The van der Waals surface area contributed by atoms with Crippen molar-refractivity contribution in [2.24, 2.45) is 5.92 Å². The zero-order chi connectivity index (χ0) is 17.3. The predicted octanol–water partition coefficient (Wildman–Crippen LogP) is 2.84. The topological polar surface area (TPSA) is 72.2 Å². The number of aromatic nitrogens is 4. The third kappa shape index (κ3) is 3.36. The van der Waals surface area contributed by atoms with Gasteiger partial charge in [-0.05, 0) is 31.9 Å².